The molecule has 0 aliphatic carbocycles. The number of hydrogen-bond acceptors (Lipinski definition) is 4. The molecule has 0 saturated heterocycles. The van der Waals surface area contributed by atoms with Crippen molar-refractivity contribution in [3.05, 3.63) is 22.3 Å². The van der Waals surface area contributed by atoms with Crippen LogP contribution in [0.1, 0.15) is 18.2 Å². The lowest BCUT2D eigenvalue weighted by Crippen LogP contribution is -2.26. The summed E-state index contributed by atoms with van der Waals surface area (Å²) in [6, 6.07) is 2.61. The number of rotatable bonds is 3. The second kappa shape index (κ2) is 4.81. The third-order valence-corrected chi connectivity index (χ3v) is 2.30. The maximum atomic E-state index is 10.6. The number of hydrogen-bond donors (Lipinski definition) is 2. The summed E-state index contributed by atoms with van der Waals surface area (Å²) >= 11 is 5.86. The molecule has 1 atom stereocenters. The van der Waals surface area contributed by atoms with Gasteiger partial charge in [0.2, 0.25) is 0 Å². The minimum Gasteiger partial charge on any atom is -0.480 e. The number of anilines is 1. The van der Waals surface area contributed by atoms with Crippen LogP contribution in [0.15, 0.2) is 6.07 Å². The molecule has 1 rings (SSSR count). The number of aliphatic carboxylic acids is 1. The van der Waals surface area contributed by atoms with Crippen LogP contribution in [-0.2, 0) is 4.79 Å². The fourth-order valence-corrected chi connectivity index (χ4v) is 1.27. The van der Waals surface area contributed by atoms with E-state index >= 15 is 0 Å². The second-order valence-corrected chi connectivity index (χ2v) is 3.68. The minimum atomic E-state index is -1.00. The molecule has 0 fully saturated rings. The van der Waals surface area contributed by atoms with Crippen molar-refractivity contribution in [2.75, 3.05) is 5.32 Å². The first-order valence-corrected chi connectivity index (χ1v) is 4.90. The smallest absolute Gasteiger partial charge is 0.325 e. The van der Waals surface area contributed by atoms with Crippen molar-refractivity contribution in [1.82, 2.24) is 4.98 Å². The average Bonchev–Trinajstić information content (AvgIpc) is 2.22. The highest BCUT2D eigenvalue weighted by atomic mass is 35.5. The monoisotopic (exact) mass is 239 g/mol. The topological polar surface area (TPSA) is 86.0 Å². The third kappa shape index (κ3) is 2.61. The minimum absolute atomic E-state index is 0.232. The van der Waals surface area contributed by atoms with Gasteiger partial charge in [0.05, 0.1) is 16.3 Å². The lowest BCUT2D eigenvalue weighted by atomic mass is 10.2. The van der Waals surface area contributed by atoms with E-state index in [0.29, 0.717) is 11.3 Å². The Balaban J connectivity index is 3.03. The number of carboxylic acid groups (broad SMARTS) is 1. The Labute approximate surface area is 97.7 Å². The van der Waals surface area contributed by atoms with Gasteiger partial charge in [0, 0.05) is 0 Å². The van der Waals surface area contributed by atoms with Crippen LogP contribution in [0.25, 0.3) is 0 Å². The molecule has 6 heteroatoms. The number of nitriles is 1. The van der Waals surface area contributed by atoms with E-state index in [0.717, 1.165) is 0 Å². The zero-order valence-corrected chi connectivity index (χ0v) is 9.54. The molecular weight excluding hydrogens is 230 g/mol. The summed E-state index contributed by atoms with van der Waals surface area (Å²) < 4.78 is 0. The van der Waals surface area contributed by atoms with E-state index < -0.39 is 12.0 Å². The van der Waals surface area contributed by atoms with E-state index in [1.165, 1.54) is 13.0 Å². The maximum absolute atomic E-state index is 10.6. The zero-order chi connectivity index (χ0) is 12.3. The van der Waals surface area contributed by atoms with E-state index in [-0.39, 0.29) is 10.8 Å². The SMILES string of the molecule is Cc1nc(NC(C)C(=O)O)c(Cl)cc1C#N. The molecule has 0 saturated carbocycles. The molecular formula is C10H10ClN3O2. The van der Waals surface area contributed by atoms with E-state index in [9.17, 15) is 4.79 Å². The standard InChI is InChI=1S/C10H10ClN3O2/c1-5-7(4-12)3-8(11)9(13-5)14-6(2)10(15)16/h3,6H,1-2H3,(H,13,14)(H,15,16). The van der Waals surface area contributed by atoms with Crippen LogP contribution in [0.4, 0.5) is 5.82 Å². The van der Waals surface area contributed by atoms with Crippen LogP contribution >= 0.6 is 11.6 Å². The predicted molar refractivity (Wildman–Crippen MR) is 59.4 cm³/mol. The molecule has 2 N–H and O–H groups in total. The van der Waals surface area contributed by atoms with Crippen molar-refractivity contribution in [3.63, 3.8) is 0 Å². The summed E-state index contributed by atoms with van der Waals surface area (Å²) in [7, 11) is 0. The van der Waals surface area contributed by atoms with Crippen LogP contribution in [0.2, 0.25) is 5.02 Å². The summed E-state index contributed by atoms with van der Waals surface area (Å²) in [5.74, 6) is -0.729. The van der Waals surface area contributed by atoms with Gasteiger partial charge in [-0.1, -0.05) is 11.6 Å². The second-order valence-electron chi connectivity index (χ2n) is 3.27. The molecule has 0 aliphatic rings. The molecule has 5 nitrogen and oxygen atoms in total. The number of aromatic nitrogens is 1. The highest BCUT2D eigenvalue weighted by molar-refractivity contribution is 6.33. The summed E-state index contributed by atoms with van der Waals surface area (Å²) in [5, 5.41) is 20.3. The summed E-state index contributed by atoms with van der Waals surface area (Å²) in [5.41, 5.74) is 0.880. The van der Waals surface area contributed by atoms with Gasteiger partial charge in [-0.25, -0.2) is 4.98 Å². The normalized spacial score (nSPS) is 11.6. The number of nitrogens with zero attached hydrogens (tertiary/aromatic N) is 2. The Hall–Kier alpha value is -1.80. The summed E-state index contributed by atoms with van der Waals surface area (Å²) in [6.07, 6.45) is 0. The molecule has 1 aromatic rings. The lowest BCUT2D eigenvalue weighted by molar-refractivity contribution is -0.137. The van der Waals surface area contributed by atoms with E-state index in [2.05, 4.69) is 10.3 Å². The molecule has 0 bridgehead atoms. The molecule has 16 heavy (non-hydrogen) atoms. The van der Waals surface area contributed by atoms with Crippen molar-refractivity contribution in [3.8, 4) is 6.07 Å². The highest BCUT2D eigenvalue weighted by Crippen LogP contribution is 2.22. The first-order valence-electron chi connectivity index (χ1n) is 4.52. The Morgan fingerprint density at radius 1 is 1.75 bits per heavy atom. The zero-order valence-electron chi connectivity index (χ0n) is 8.78. The molecule has 1 unspecified atom stereocenters. The molecule has 1 heterocycles. The van der Waals surface area contributed by atoms with Crippen LogP contribution in [0.3, 0.4) is 0 Å². The molecule has 84 valence electrons. The number of pyridine rings is 1. The van der Waals surface area contributed by atoms with Gasteiger partial charge in [-0.3, -0.25) is 4.79 Å². The Bertz CT molecular complexity index is 468. The van der Waals surface area contributed by atoms with Crippen molar-refractivity contribution < 1.29 is 9.90 Å². The van der Waals surface area contributed by atoms with Gasteiger partial charge in [0.25, 0.3) is 0 Å². The Morgan fingerprint density at radius 2 is 2.38 bits per heavy atom. The first-order chi connectivity index (χ1) is 7.45. The first kappa shape index (κ1) is 12.3. The number of aryl methyl sites for hydroxylation is 1. The van der Waals surface area contributed by atoms with Crippen LogP contribution in [0.5, 0.6) is 0 Å². The van der Waals surface area contributed by atoms with Crippen molar-refractivity contribution >= 4 is 23.4 Å². The highest BCUT2D eigenvalue weighted by Gasteiger charge is 2.14. The van der Waals surface area contributed by atoms with Crippen LogP contribution in [-0.4, -0.2) is 22.1 Å². The van der Waals surface area contributed by atoms with Gasteiger partial charge >= 0.3 is 5.97 Å². The van der Waals surface area contributed by atoms with Gasteiger partial charge in [0.15, 0.2) is 0 Å². The number of halogens is 1. The fraction of sp³-hybridized carbons (Fsp3) is 0.300. The number of carbonyl (C=O) groups is 1. The van der Waals surface area contributed by atoms with E-state index in [1.54, 1.807) is 6.92 Å². The summed E-state index contributed by atoms with van der Waals surface area (Å²) in [4.78, 5) is 14.7. The quantitative estimate of drug-likeness (QED) is 0.840. The average molecular weight is 240 g/mol. The summed E-state index contributed by atoms with van der Waals surface area (Å²) in [6.45, 7) is 3.14. The molecule has 1 aromatic heterocycles. The van der Waals surface area contributed by atoms with Gasteiger partial charge in [-0.2, -0.15) is 5.26 Å². The van der Waals surface area contributed by atoms with Crippen molar-refractivity contribution in [1.29, 1.82) is 5.26 Å². The maximum Gasteiger partial charge on any atom is 0.325 e. The van der Waals surface area contributed by atoms with Gasteiger partial charge in [0.1, 0.15) is 17.9 Å². The van der Waals surface area contributed by atoms with Crippen LogP contribution in [0, 0.1) is 18.3 Å². The molecule has 0 spiro atoms. The van der Waals surface area contributed by atoms with Gasteiger partial charge in [-0.15, -0.1) is 0 Å². The molecule has 0 amide bonds. The van der Waals surface area contributed by atoms with Gasteiger partial charge in [-0.05, 0) is 19.9 Å². The Kier molecular flexibility index (Phi) is 3.69. The largest absolute Gasteiger partial charge is 0.480 e. The van der Waals surface area contributed by atoms with Crippen molar-refractivity contribution in [2.45, 2.75) is 19.9 Å². The lowest BCUT2D eigenvalue weighted by Gasteiger charge is -2.12. The van der Waals surface area contributed by atoms with E-state index in [1.807, 2.05) is 6.07 Å². The molecule has 0 aliphatic heterocycles. The van der Waals surface area contributed by atoms with Crippen LogP contribution < -0.4 is 5.32 Å². The molecule has 0 radical (unpaired) electrons. The Morgan fingerprint density at radius 3 is 2.88 bits per heavy atom. The predicted octanol–water partition coefficient (Wildman–Crippen LogP) is 1.80. The van der Waals surface area contributed by atoms with E-state index in [4.69, 9.17) is 22.0 Å². The molecule has 0 aromatic carbocycles. The number of carboxylic acids is 1. The van der Waals surface area contributed by atoms with Crippen molar-refractivity contribution in [2.24, 2.45) is 0 Å². The number of nitrogens with one attached hydrogen (secondary N) is 1. The van der Waals surface area contributed by atoms with Gasteiger partial charge < -0.3 is 10.4 Å². The third-order valence-electron chi connectivity index (χ3n) is 2.01. The fourth-order valence-electron chi connectivity index (χ4n) is 1.06.